The van der Waals surface area contributed by atoms with E-state index in [-0.39, 0.29) is 11.5 Å². The first kappa shape index (κ1) is 15.6. The van der Waals surface area contributed by atoms with Gasteiger partial charge in [-0.15, -0.1) is 0 Å². The molecule has 0 radical (unpaired) electrons. The quantitative estimate of drug-likeness (QED) is 0.355. The van der Waals surface area contributed by atoms with E-state index in [0.29, 0.717) is 25.4 Å². The van der Waals surface area contributed by atoms with E-state index >= 15 is 0 Å². The zero-order valence-corrected chi connectivity index (χ0v) is 11.7. The highest BCUT2D eigenvalue weighted by atomic mass is 16.5. The third-order valence-corrected chi connectivity index (χ3v) is 2.35. The van der Waals surface area contributed by atoms with Crippen LogP contribution in [0.4, 0.5) is 0 Å². The standard InChI is InChI=1S/C14H22N2O3/c1-14(2,3)19-8-7-18-10-11-5-4-6-12(9-11)13(17)16-15/h4-6,9H,7-8,10,15H2,1-3H3,(H,16,17). The molecule has 0 saturated heterocycles. The van der Waals surface area contributed by atoms with Crippen LogP contribution in [0.2, 0.25) is 0 Å². The molecule has 5 heteroatoms. The van der Waals surface area contributed by atoms with E-state index in [9.17, 15) is 4.79 Å². The second-order valence-corrected chi connectivity index (χ2v) is 5.19. The first-order chi connectivity index (χ1) is 8.92. The highest BCUT2D eigenvalue weighted by Crippen LogP contribution is 2.08. The molecule has 19 heavy (non-hydrogen) atoms. The minimum Gasteiger partial charge on any atom is -0.374 e. The van der Waals surface area contributed by atoms with Crippen molar-refractivity contribution >= 4 is 5.91 Å². The van der Waals surface area contributed by atoms with Crippen molar-refractivity contribution in [3.63, 3.8) is 0 Å². The highest BCUT2D eigenvalue weighted by Gasteiger charge is 2.09. The van der Waals surface area contributed by atoms with Gasteiger partial charge in [0.1, 0.15) is 0 Å². The lowest BCUT2D eigenvalue weighted by Gasteiger charge is -2.19. The van der Waals surface area contributed by atoms with Crippen molar-refractivity contribution in [1.82, 2.24) is 5.43 Å². The van der Waals surface area contributed by atoms with Gasteiger partial charge in [0.05, 0.1) is 25.4 Å². The number of rotatable bonds is 6. The normalized spacial score (nSPS) is 11.4. The number of carbonyl (C=O) groups is 1. The number of hydrogen-bond acceptors (Lipinski definition) is 4. The van der Waals surface area contributed by atoms with E-state index in [4.69, 9.17) is 15.3 Å². The fourth-order valence-corrected chi connectivity index (χ4v) is 1.48. The molecule has 0 saturated carbocycles. The van der Waals surface area contributed by atoms with E-state index in [2.05, 4.69) is 5.43 Å². The van der Waals surface area contributed by atoms with Crippen LogP contribution in [0.15, 0.2) is 24.3 Å². The number of hydrogen-bond donors (Lipinski definition) is 2. The molecule has 0 aliphatic carbocycles. The molecular weight excluding hydrogens is 244 g/mol. The van der Waals surface area contributed by atoms with Crippen molar-refractivity contribution in [3.8, 4) is 0 Å². The smallest absolute Gasteiger partial charge is 0.265 e. The molecule has 0 aliphatic rings. The summed E-state index contributed by atoms with van der Waals surface area (Å²) in [6, 6.07) is 7.16. The monoisotopic (exact) mass is 266 g/mol. The topological polar surface area (TPSA) is 73.6 Å². The molecule has 0 heterocycles. The van der Waals surface area contributed by atoms with Gasteiger partial charge < -0.3 is 9.47 Å². The third-order valence-electron chi connectivity index (χ3n) is 2.35. The van der Waals surface area contributed by atoms with Gasteiger partial charge in [-0.25, -0.2) is 5.84 Å². The maximum absolute atomic E-state index is 11.4. The lowest BCUT2D eigenvalue weighted by molar-refractivity contribution is -0.0376. The first-order valence-electron chi connectivity index (χ1n) is 6.24. The summed E-state index contributed by atoms with van der Waals surface area (Å²) < 4.78 is 11.0. The molecule has 3 N–H and O–H groups in total. The molecule has 0 atom stereocenters. The van der Waals surface area contributed by atoms with Crippen molar-refractivity contribution in [3.05, 3.63) is 35.4 Å². The number of nitrogens with one attached hydrogen (secondary N) is 1. The summed E-state index contributed by atoms with van der Waals surface area (Å²) in [6.45, 7) is 7.52. The van der Waals surface area contributed by atoms with Crippen LogP contribution in [-0.2, 0) is 16.1 Å². The maximum atomic E-state index is 11.4. The summed E-state index contributed by atoms with van der Waals surface area (Å²) in [6.07, 6.45) is 0. The summed E-state index contributed by atoms with van der Waals surface area (Å²) in [4.78, 5) is 11.4. The molecular formula is C14H22N2O3. The van der Waals surface area contributed by atoms with Crippen LogP contribution in [-0.4, -0.2) is 24.7 Å². The van der Waals surface area contributed by atoms with Gasteiger partial charge in [-0.1, -0.05) is 12.1 Å². The van der Waals surface area contributed by atoms with E-state index in [1.165, 1.54) is 0 Å². The summed E-state index contributed by atoms with van der Waals surface area (Å²) in [5.41, 5.74) is 3.40. The molecule has 0 spiro atoms. The Morgan fingerprint density at radius 3 is 2.68 bits per heavy atom. The van der Waals surface area contributed by atoms with Gasteiger partial charge in [0, 0.05) is 5.56 Å². The number of hydrazine groups is 1. The Balaban J connectivity index is 2.35. The van der Waals surface area contributed by atoms with Crippen molar-refractivity contribution in [2.45, 2.75) is 33.0 Å². The molecule has 0 fully saturated rings. The van der Waals surface area contributed by atoms with E-state index in [0.717, 1.165) is 5.56 Å². The molecule has 106 valence electrons. The van der Waals surface area contributed by atoms with Crippen LogP contribution in [0.5, 0.6) is 0 Å². The Morgan fingerprint density at radius 2 is 2.05 bits per heavy atom. The number of ether oxygens (including phenoxy) is 2. The predicted octanol–water partition coefficient (Wildman–Crippen LogP) is 1.62. The van der Waals surface area contributed by atoms with Crippen LogP contribution in [0.3, 0.4) is 0 Å². The molecule has 1 aromatic rings. The van der Waals surface area contributed by atoms with Crippen molar-refractivity contribution in [1.29, 1.82) is 0 Å². The zero-order valence-electron chi connectivity index (χ0n) is 11.7. The minimum atomic E-state index is -0.307. The third kappa shape index (κ3) is 6.33. The lowest BCUT2D eigenvalue weighted by Crippen LogP contribution is -2.30. The van der Waals surface area contributed by atoms with E-state index in [1.807, 2.05) is 26.8 Å². The molecule has 0 bridgehead atoms. The summed E-state index contributed by atoms with van der Waals surface area (Å²) >= 11 is 0. The number of nitrogen functional groups attached to an aromatic ring is 1. The van der Waals surface area contributed by atoms with Crippen LogP contribution >= 0.6 is 0 Å². The average Bonchev–Trinajstić information content (AvgIpc) is 2.36. The van der Waals surface area contributed by atoms with Crippen molar-refractivity contribution in [2.75, 3.05) is 13.2 Å². The number of amides is 1. The highest BCUT2D eigenvalue weighted by molar-refractivity contribution is 5.93. The predicted molar refractivity (Wildman–Crippen MR) is 73.5 cm³/mol. The molecule has 1 aromatic carbocycles. The Bertz CT molecular complexity index is 413. The van der Waals surface area contributed by atoms with Gasteiger partial charge in [-0.3, -0.25) is 10.2 Å². The van der Waals surface area contributed by atoms with Gasteiger partial charge in [0.25, 0.3) is 5.91 Å². The fraction of sp³-hybridized carbons (Fsp3) is 0.500. The molecule has 1 amide bonds. The minimum absolute atomic E-state index is 0.150. The Morgan fingerprint density at radius 1 is 1.32 bits per heavy atom. The maximum Gasteiger partial charge on any atom is 0.265 e. The van der Waals surface area contributed by atoms with E-state index < -0.39 is 0 Å². The Kier molecular flexibility index (Phi) is 5.95. The van der Waals surface area contributed by atoms with Gasteiger partial charge in [-0.05, 0) is 38.5 Å². The molecule has 0 aromatic heterocycles. The van der Waals surface area contributed by atoms with Gasteiger partial charge in [-0.2, -0.15) is 0 Å². The van der Waals surface area contributed by atoms with E-state index in [1.54, 1.807) is 18.2 Å². The fourth-order valence-electron chi connectivity index (χ4n) is 1.48. The Labute approximate surface area is 114 Å². The molecule has 0 unspecified atom stereocenters. The summed E-state index contributed by atoms with van der Waals surface area (Å²) in [7, 11) is 0. The van der Waals surface area contributed by atoms with Crippen LogP contribution in [0.1, 0.15) is 36.7 Å². The molecule has 1 rings (SSSR count). The van der Waals surface area contributed by atoms with Crippen LogP contribution in [0, 0.1) is 0 Å². The zero-order chi connectivity index (χ0) is 14.3. The van der Waals surface area contributed by atoms with Gasteiger partial charge in [0.2, 0.25) is 0 Å². The van der Waals surface area contributed by atoms with Gasteiger partial charge in [0.15, 0.2) is 0 Å². The number of carbonyl (C=O) groups excluding carboxylic acids is 1. The average molecular weight is 266 g/mol. The second-order valence-electron chi connectivity index (χ2n) is 5.19. The summed E-state index contributed by atoms with van der Waals surface area (Å²) in [5, 5.41) is 0. The molecule has 5 nitrogen and oxygen atoms in total. The van der Waals surface area contributed by atoms with Crippen molar-refractivity contribution in [2.24, 2.45) is 5.84 Å². The first-order valence-corrected chi connectivity index (χ1v) is 6.24. The SMILES string of the molecule is CC(C)(C)OCCOCc1cccc(C(=O)NN)c1. The number of nitrogens with two attached hydrogens (primary N) is 1. The largest absolute Gasteiger partial charge is 0.374 e. The Hall–Kier alpha value is -1.43. The van der Waals surface area contributed by atoms with Crippen molar-refractivity contribution < 1.29 is 14.3 Å². The number of benzene rings is 1. The second kappa shape index (κ2) is 7.23. The lowest BCUT2D eigenvalue weighted by atomic mass is 10.1. The van der Waals surface area contributed by atoms with Crippen LogP contribution < -0.4 is 11.3 Å². The van der Waals surface area contributed by atoms with Gasteiger partial charge >= 0.3 is 0 Å². The molecule has 0 aliphatic heterocycles. The van der Waals surface area contributed by atoms with Crippen LogP contribution in [0.25, 0.3) is 0 Å². The summed E-state index contributed by atoms with van der Waals surface area (Å²) in [5.74, 6) is 4.78.